The van der Waals surface area contributed by atoms with Crippen LogP contribution < -0.4 is 10.5 Å². The zero-order valence-electron chi connectivity index (χ0n) is 9.16. The lowest BCUT2D eigenvalue weighted by Crippen LogP contribution is -2.36. The van der Waals surface area contributed by atoms with Crippen molar-refractivity contribution in [3.8, 4) is 11.8 Å². The highest BCUT2D eigenvalue weighted by molar-refractivity contribution is 5.29. The Labute approximate surface area is 90.5 Å². The average molecular weight is 204 g/mol. The van der Waals surface area contributed by atoms with Crippen LogP contribution in [0.15, 0.2) is 24.3 Å². The van der Waals surface area contributed by atoms with Crippen molar-refractivity contribution in [1.29, 1.82) is 5.26 Å². The summed E-state index contributed by atoms with van der Waals surface area (Å²) < 4.78 is 5.32. The van der Waals surface area contributed by atoms with Gasteiger partial charge in [0, 0.05) is 6.42 Å². The minimum absolute atomic E-state index is 0.551. The van der Waals surface area contributed by atoms with Crippen molar-refractivity contribution in [2.24, 2.45) is 5.73 Å². The van der Waals surface area contributed by atoms with Gasteiger partial charge in [-0.3, -0.25) is 0 Å². The van der Waals surface area contributed by atoms with E-state index in [4.69, 9.17) is 15.7 Å². The van der Waals surface area contributed by atoms with Crippen LogP contribution in [-0.2, 0) is 6.42 Å². The summed E-state index contributed by atoms with van der Waals surface area (Å²) >= 11 is 0. The SMILES string of the molecule is CCOc1ccc(CC(C)(N)C#N)cc1. The molecule has 0 fully saturated rings. The van der Waals surface area contributed by atoms with Gasteiger partial charge in [-0.1, -0.05) is 12.1 Å². The van der Waals surface area contributed by atoms with E-state index in [2.05, 4.69) is 6.07 Å². The number of nitriles is 1. The number of nitrogens with zero attached hydrogens (tertiary/aromatic N) is 1. The molecule has 0 radical (unpaired) electrons. The van der Waals surface area contributed by atoms with Crippen molar-refractivity contribution < 1.29 is 4.74 Å². The number of benzene rings is 1. The molecule has 0 saturated heterocycles. The highest BCUT2D eigenvalue weighted by Gasteiger charge is 2.17. The van der Waals surface area contributed by atoms with Crippen LogP contribution in [0.4, 0.5) is 0 Å². The Morgan fingerprint density at radius 2 is 2.00 bits per heavy atom. The zero-order chi connectivity index (χ0) is 11.3. The predicted molar refractivity (Wildman–Crippen MR) is 59.5 cm³/mol. The molecule has 0 saturated carbocycles. The second-order valence-corrected chi connectivity index (χ2v) is 3.78. The van der Waals surface area contributed by atoms with Gasteiger partial charge in [0.15, 0.2) is 0 Å². The summed E-state index contributed by atoms with van der Waals surface area (Å²) in [4.78, 5) is 0. The molecule has 0 bridgehead atoms. The van der Waals surface area contributed by atoms with E-state index in [9.17, 15) is 0 Å². The van der Waals surface area contributed by atoms with E-state index in [1.54, 1.807) is 6.92 Å². The predicted octanol–water partition coefficient (Wildman–Crippen LogP) is 1.87. The molecular formula is C12H16N2O. The van der Waals surface area contributed by atoms with Gasteiger partial charge in [-0.15, -0.1) is 0 Å². The minimum Gasteiger partial charge on any atom is -0.494 e. The Kier molecular flexibility index (Phi) is 3.70. The second-order valence-electron chi connectivity index (χ2n) is 3.78. The molecule has 0 aliphatic rings. The van der Waals surface area contributed by atoms with Crippen molar-refractivity contribution in [3.05, 3.63) is 29.8 Å². The number of hydrogen-bond donors (Lipinski definition) is 1. The molecule has 0 heterocycles. The molecule has 1 rings (SSSR count). The van der Waals surface area contributed by atoms with Crippen molar-refractivity contribution >= 4 is 0 Å². The van der Waals surface area contributed by atoms with Gasteiger partial charge in [0.25, 0.3) is 0 Å². The maximum atomic E-state index is 8.79. The van der Waals surface area contributed by atoms with E-state index in [0.29, 0.717) is 13.0 Å². The van der Waals surface area contributed by atoms with Gasteiger partial charge in [0.2, 0.25) is 0 Å². The van der Waals surface area contributed by atoms with E-state index in [-0.39, 0.29) is 0 Å². The molecule has 0 aliphatic carbocycles. The van der Waals surface area contributed by atoms with Gasteiger partial charge >= 0.3 is 0 Å². The summed E-state index contributed by atoms with van der Waals surface area (Å²) in [6.45, 7) is 4.33. The molecule has 1 atom stereocenters. The van der Waals surface area contributed by atoms with E-state index in [1.165, 1.54) is 0 Å². The van der Waals surface area contributed by atoms with Crippen molar-refractivity contribution in [2.75, 3.05) is 6.61 Å². The van der Waals surface area contributed by atoms with Gasteiger partial charge in [-0.25, -0.2) is 0 Å². The highest BCUT2D eigenvalue weighted by atomic mass is 16.5. The van der Waals surface area contributed by atoms with Crippen LogP contribution >= 0.6 is 0 Å². The topological polar surface area (TPSA) is 59.0 Å². The Balaban J connectivity index is 2.69. The van der Waals surface area contributed by atoms with Crippen molar-refractivity contribution in [1.82, 2.24) is 0 Å². The summed E-state index contributed by atoms with van der Waals surface area (Å²) in [5.74, 6) is 0.844. The summed E-state index contributed by atoms with van der Waals surface area (Å²) in [6, 6.07) is 9.74. The molecule has 0 amide bonds. The summed E-state index contributed by atoms with van der Waals surface area (Å²) in [5.41, 5.74) is 6.00. The molecule has 3 nitrogen and oxygen atoms in total. The Morgan fingerprint density at radius 3 is 2.47 bits per heavy atom. The lowest BCUT2D eigenvalue weighted by Gasteiger charge is -2.15. The normalized spacial score (nSPS) is 14.0. The van der Waals surface area contributed by atoms with Crippen molar-refractivity contribution in [2.45, 2.75) is 25.8 Å². The van der Waals surface area contributed by atoms with E-state index in [1.807, 2.05) is 31.2 Å². The number of nitrogens with two attached hydrogens (primary N) is 1. The number of rotatable bonds is 4. The molecule has 80 valence electrons. The molecule has 1 aromatic carbocycles. The van der Waals surface area contributed by atoms with Crippen LogP contribution in [-0.4, -0.2) is 12.1 Å². The Morgan fingerprint density at radius 1 is 1.40 bits per heavy atom. The van der Waals surface area contributed by atoms with Gasteiger partial charge in [-0.05, 0) is 31.5 Å². The standard InChI is InChI=1S/C12H16N2O/c1-3-15-11-6-4-10(5-7-11)8-12(2,14)9-13/h4-7H,3,8,14H2,1-2H3. The van der Waals surface area contributed by atoms with E-state index >= 15 is 0 Å². The Bertz CT molecular complexity index is 349. The highest BCUT2D eigenvalue weighted by Crippen LogP contribution is 2.15. The molecule has 1 aromatic rings. The second kappa shape index (κ2) is 4.81. The third-order valence-electron chi connectivity index (χ3n) is 2.06. The molecule has 0 spiro atoms. The lowest BCUT2D eigenvalue weighted by atomic mass is 9.96. The van der Waals surface area contributed by atoms with E-state index < -0.39 is 5.54 Å². The first kappa shape index (κ1) is 11.5. The molecule has 1 unspecified atom stereocenters. The first-order chi connectivity index (χ1) is 7.07. The molecule has 3 heteroatoms. The van der Waals surface area contributed by atoms with Crippen LogP contribution in [0.25, 0.3) is 0 Å². The molecule has 0 aromatic heterocycles. The van der Waals surface area contributed by atoms with Crippen LogP contribution in [0.1, 0.15) is 19.4 Å². The van der Waals surface area contributed by atoms with Crippen LogP contribution in [0.2, 0.25) is 0 Å². The molecule has 0 aliphatic heterocycles. The van der Waals surface area contributed by atoms with Gasteiger partial charge in [-0.2, -0.15) is 5.26 Å². The lowest BCUT2D eigenvalue weighted by molar-refractivity contribution is 0.340. The van der Waals surface area contributed by atoms with E-state index in [0.717, 1.165) is 11.3 Å². The van der Waals surface area contributed by atoms with Gasteiger partial charge in [0.05, 0.1) is 12.7 Å². The van der Waals surface area contributed by atoms with Crippen LogP contribution in [0.5, 0.6) is 5.75 Å². The largest absolute Gasteiger partial charge is 0.494 e. The first-order valence-electron chi connectivity index (χ1n) is 4.99. The maximum absolute atomic E-state index is 8.79. The zero-order valence-corrected chi connectivity index (χ0v) is 9.16. The van der Waals surface area contributed by atoms with Crippen LogP contribution in [0, 0.1) is 11.3 Å². The quantitative estimate of drug-likeness (QED) is 0.814. The third kappa shape index (κ3) is 3.61. The van der Waals surface area contributed by atoms with Gasteiger partial charge in [0.1, 0.15) is 11.3 Å². The molecule has 15 heavy (non-hydrogen) atoms. The number of hydrogen-bond acceptors (Lipinski definition) is 3. The van der Waals surface area contributed by atoms with Crippen molar-refractivity contribution in [3.63, 3.8) is 0 Å². The maximum Gasteiger partial charge on any atom is 0.119 e. The Hall–Kier alpha value is -1.53. The fraction of sp³-hybridized carbons (Fsp3) is 0.417. The first-order valence-corrected chi connectivity index (χ1v) is 4.99. The fourth-order valence-corrected chi connectivity index (χ4v) is 1.33. The monoisotopic (exact) mass is 204 g/mol. The summed E-state index contributed by atoms with van der Waals surface area (Å²) in [5, 5.41) is 8.79. The fourth-order valence-electron chi connectivity index (χ4n) is 1.33. The van der Waals surface area contributed by atoms with Crippen LogP contribution in [0.3, 0.4) is 0 Å². The summed E-state index contributed by atoms with van der Waals surface area (Å²) in [7, 11) is 0. The van der Waals surface area contributed by atoms with Gasteiger partial charge < -0.3 is 10.5 Å². The third-order valence-corrected chi connectivity index (χ3v) is 2.06. The average Bonchev–Trinajstić information content (AvgIpc) is 2.21. The smallest absolute Gasteiger partial charge is 0.119 e. The molecule has 2 N–H and O–H groups in total. The minimum atomic E-state index is -0.798. The summed E-state index contributed by atoms with van der Waals surface area (Å²) in [6.07, 6.45) is 0.551. The molecular weight excluding hydrogens is 188 g/mol. The number of ether oxygens (including phenoxy) is 1.